The number of Topliss-reactive ketones (excluding diaryl/α,β-unsaturated/α-hetero) is 1. The first kappa shape index (κ1) is 15.0. The number of phenols is 1. The van der Waals surface area contributed by atoms with Crippen LogP contribution in [0.5, 0.6) is 5.75 Å². The van der Waals surface area contributed by atoms with Crippen LogP contribution < -0.4 is 0 Å². The Morgan fingerprint density at radius 2 is 2.15 bits per heavy atom. The van der Waals surface area contributed by atoms with Crippen molar-refractivity contribution in [2.75, 3.05) is 6.54 Å². The maximum Gasteiger partial charge on any atom is 0.257 e. The van der Waals surface area contributed by atoms with Crippen LogP contribution in [0.2, 0.25) is 0 Å². The Kier molecular flexibility index (Phi) is 4.81. The third kappa shape index (κ3) is 3.39. The maximum atomic E-state index is 12.6. The highest BCUT2D eigenvalue weighted by Crippen LogP contribution is 2.27. The number of likely N-dealkylation sites (tertiary alicyclic amines) is 1. The third-order valence-corrected chi connectivity index (χ3v) is 4.09. The number of halogens is 1. The number of benzene rings is 1. The molecule has 0 aromatic heterocycles. The Balaban J connectivity index is 2.25. The summed E-state index contributed by atoms with van der Waals surface area (Å²) in [5, 5.41) is 9.87. The number of phenolic OH excluding ortho intramolecular Hbond substituents is 1. The van der Waals surface area contributed by atoms with E-state index in [9.17, 15) is 14.7 Å². The van der Waals surface area contributed by atoms with Gasteiger partial charge in [0.1, 0.15) is 11.5 Å². The van der Waals surface area contributed by atoms with Gasteiger partial charge in [-0.05, 0) is 44.4 Å². The Morgan fingerprint density at radius 1 is 1.40 bits per heavy atom. The van der Waals surface area contributed by atoms with Crippen molar-refractivity contribution < 1.29 is 14.7 Å². The molecule has 2 rings (SSSR count). The third-order valence-electron chi connectivity index (χ3n) is 3.60. The zero-order valence-corrected chi connectivity index (χ0v) is 13.0. The van der Waals surface area contributed by atoms with Crippen LogP contribution in [0.15, 0.2) is 22.7 Å². The van der Waals surface area contributed by atoms with Gasteiger partial charge in [-0.1, -0.05) is 15.9 Å². The number of carbonyl (C=O) groups excluding carboxylic acids is 2. The molecule has 0 spiro atoms. The molecule has 1 saturated heterocycles. The van der Waals surface area contributed by atoms with Gasteiger partial charge in [0, 0.05) is 23.5 Å². The van der Waals surface area contributed by atoms with Gasteiger partial charge in [-0.25, -0.2) is 0 Å². The minimum atomic E-state index is -0.199. The number of amides is 1. The summed E-state index contributed by atoms with van der Waals surface area (Å²) in [5.74, 6) is -0.131. The number of rotatable bonds is 3. The fourth-order valence-electron chi connectivity index (χ4n) is 2.65. The van der Waals surface area contributed by atoms with E-state index < -0.39 is 0 Å². The van der Waals surface area contributed by atoms with Gasteiger partial charge in [-0.2, -0.15) is 0 Å². The molecule has 20 heavy (non-hydrogen) atoms. The van der Waals surface area contributed by atoms with E-state index >= 15 is 0 Å². The van der Waals surface area contributed by atoms with Crippen LogP contribution in [0, 0.1) is 0 Å². The highest BCUT2D eigenvalue weighted by molar-refractivity contribution is 9.10. The molecule has 0 radical (unpaired) electrons. The predicted octanol–water partition coefficient (Wildman–Crippen LogP) is 3.13. The van der Waals surface area contributed by atoms with Crippen LogP contribution in [0.4, 0.5) is 0 Å². The Morgan fingerprint density at radius 3 is 2.85 bits per heavy atom. The average molecular weight is 340 g/mol. The highest BCUT2D eigenvalue weighted by Gasteiger charge is 2.29. The van der Waals surface area contributed by atoms with Crippen molar-refractivity contribution >= 4 is 27.6 Å². The number of hydrogen-bond acceptors (Lipinski definition) is 3. The van der Waals surface area contributed by atoms with Crippen molar-refractivity contribution in [3.63, 3.8) is 0 Å². The first-order valence-electron chi connectivity index (χ1n) is 6.78. The molecule has 0 bridgehead atoms. The second-order valence-electron chi connectivity index (χ2n) is 5.22. The largest absolute Gasteiger partial charge is 0.507 e. The fourth-order valence-corrected chi connectivity index (χ4v) is 3.01. The Hall–Kier alpha value is -1.36. The lowest BCUT2D eigenvalue weighted by Crippen LogP contribution is -2.44. The van der Waals surface area contributed by atoms with Crippen LogP contribution in [0.1, 0.15) is 43.0 Å². The smallest absolute Gasteiger partial charge is 0.257 e. The number of hydrogen-bond donors (Lipinski definition) is 1. The topological polar surface area (TPSA) is 57.6 Å². The predicted molar refractivity (Wildman–Crippen MR) is 79.8 cm³/mol. The molecule has 5 heteroatoms. The zero-order valence-electron chi connectivity index (χ0n) is 11.4. The fraction of sp³-hybridized carbons (Fsp3) is 0.467. The molecule has 1 fully saturated rings. The molecule has 1 atom stereocenters. The zero-order chi connectivity index (χ0) is 14.7. The van der Waals surface area contributed by atoms with Gasteiger partial charge in [0.05, 0.1) is 5.56 Å². The maximum absolute atomic E-state index is 12.6. The number of nitrogens with zero attached hydrogens (tertiary/aromatic N) is 1. The van der Waals surface area contributed by atoms with Gasteiger partial charge in [-0.3, -0.25) is 9.59 Å². The van der Waals surface area contributed by atoms with Crippen LogP contribution >= 0.6 is 15.9 Å². The normalized spacial score (nSPS) is 18.9. The highest BCUT2D eigenvalue weighted by atomic mass is 79.9. The summed E-state index contributed by atoms with van der Waals surface area (Å²) in [6, 6.07) is 4.76. The summed E-state index contributed by atoms with van der Waals surface area (Å²) in [6.45, 7) is 2.19. The lowest BCUT2D eigenvalue weighted by atomic mass is 9.96. The first-order valence-corrected chi connectivity index (χ1v) is 7.57. The molecule has 1 amide bonds. The minimum Gasteiger partial charge on any atom is -0.507 e. The summed E-state index contributed by atoms with van der Waals surface area (Å²) < 4.78 is 0.749. The van der Waals surface area contributed by atoms with Crippen molar-refractivity contribution in [1.82, 2.24) is 4.90 Å². The minimum absolute atomic E-state index is 0.0228. The Labute approximate surface area is 126 Å². The standard InChI is InChI=1S/C15H18BrNO3/c1-10(18)8-12-4-2-3-7-17(12)15(20)13-9-11(16)5-6-14(13)19/h5-6,9,12,19H,2-4,7-8H2,1H3. The van der Waals surface area contributed by atoms with Crippen molar-refractivity contribution in [2.45, 2.75) is 38.6 Å². The van der Waals surface area contributed by atoms with E-state index in [-0.39, 0.29) is 29.0 Å². The van der Waals surface area contributed by atoms with Crippen molar-refractivity contribution in [2.24, 2.45) is 0 Å². The number of piperidine rings is 1. The lowest BCUT2D eigenvalue weighted by Gasteiger charge is -2.35. The quantitative estimate of drug-likeness (QED) is 0.920. The molecular weight excluding hydrogens is 322 g/mol. The molecule has 108 valence electrons. The summed E-state index contributed by atoms with van der Waals surface area (Å²) >= 11 is 3.31. The second kappa shape index (κ2) is 6.39. The average Bonchev–Trinajstić information content (AvgIpc) is 2.41. The van der Waals surface area contributed by atoms with Crippen LogP contribution in [-0.2, 0) is 4.79 Å². The molecule has 1 N–H and O–H groups in total. The molecular formula is C15H18BrNO3. The molecule has 0 saturated carbocycles. The van der Waals surface area contributed by atoms with E-state index in [0.717, 1.165) is 23.7 Å². The molecule has 1 heterocycles. The van der Waals surface area contributed by atoms with E-state index in [0.29, 0.717) is 13.0 Å². The lowest BCUT2D eigenvalue weighted by molar-refractivity contribution is -0.118. The molecule has 1 unspecified atom stereocenters. The SMILES string of the molecule is CC(=O)CC1CCCCN1C(=O)c1cc(Br)ccc1O. The van der Waals surface area contributed by atoms with Gasteiger partial charge in [-0.15, -0.1) is 0 Å². The Bertz CT molecular complexity index is 530. The van der Waals surface area contributed by atoms with Crippen LogP contribution in [0.3, 0.4) is 0 Å². The van der Waals surface area contributed by atoms with Crippen molar-refractivity contribution in [1.29, 1.82) is 0 Å². The van der Waals surface area contributed by atoms with Gasteiger partial charge in [0.15, 0.2) is 0 Å². The van der Waals surface area contributed by atoms with E-state index in [1.165, 1.54) is 6.07 Å². The number of ketones is 1. The molecule has 0 aliphatic carbocycles. The second-order valence-corrected chi connectivity index (χ2v) is 6.13. The summed E-state index contributed by atoms with van der Waals surface area (Å²) in [7, 11) is 0. The van der Waals surface area contributed by atoms with Gasteiger partial charge in [0.25, 0.3) is 5.91 Å². The van der Waals surface area contributed by atoms with Crippen LogP contribution in [-0.4, -0.2) is 34.3 Å². The van der Waals surface area contributed by atoms with Gasteiger partial charge >= 0.3 is 0 Å². The molecule has 1 aliphatic heterocycles. The molecule has 1 aliphatic rings. The van der Waals surface area contributed by atoms with Gasteiger partial charge < -0.3 is 10.0 Å². The van der Waals surface area contributed by atoms with Crippen molar-refractivity contribution in [3.8, 4) is 5.75 Å². The molecule has 1 aromatic carbocycles. The van der Waals surface area contributed by atoms with Crippen molar-refractivity contribution in [3.05, 3.63) is 28.2 Å². The van der Waals surface area contributed by atoms with E-state index in [2.05, 4.69) is 15.9 Å². The molecule has 4 nitrogen and oxygen atoms in total. The van der Waals surface area contributed by atoms with E-state index in [4.69, 9.17) is 0 Å². The summed E-state index contributed by atoms with van der Waals surface area (Å²) in [4.78, 5) is 25.7. The van der Waals surface area contributed by atoms with Gasteiger partial charge in [0.2, 0.25) is 0 Å². The number of carbonyl (C=O) groups is 2. The summed E-state index contributed by atoms with van der Waals surface area (Å²) in [6.07, 6.45) is 3.21. The van der Waals surface area contributed by atoms with E-state index in [1.54, 1.807) is 24.0 Å². The first-order chi connectivity index (χ1) is 9.49. The van der Waals surface area contributed by atoms with E-state index in [1.807, 2.05) is 0 Å². The molecule has 1 aromatic rings. The monoisotopic (exact) mass is 339 g/mol. The van der Waals surface area contributed by atoms with Crippen LogP contribution in [0.25, 0.3) is 0 Å². The summed E-state index contributed by atoms with van der Waals surface area (Å²) in [5.41, 5.74) is 0.287. The number of aromatic hydroxyl groups is 1.